The maximum absolute atomic E-state index is 14.4. The molecule has 1 fully saturated rings. The molecule has 1 amide bonds. The van der Waals surface area contributed by atoms with Gasteiger partial charge in [0, 0.05) is 30.7 Å². The minimum absolute atomic E-state index is 0.0532. The number of halogens is 2. The first-order chi connectivity index (χ1) is 15.0. The number of unbranched alkanes of at least 4 members (excludes halogenated alkanes) is 3. The number of thioether (sulfide) groups is 1. The molecule has 0 aliphatic carbocycles. The first kappa shape index (κ1) is 23.2. The van der Waals surface area contributed by atoms with Crippen LogP contribution in [0.2, 0.25) is 0 Å². The molecule has 0 bridgehead atoms. The fourth-order valence-electron chi connectivity index (χ4n) is 3.51. The molecule has 1 aliphatic rings. The van der Waals surface area contributed by atoms with Gasteiger partial charge >= 0.3 is 0 Å². The second-order valence-electron chi connectivity index (χ2n) is 7.55. The highest BCUT2D eigenvalue weighted by Crippen LogP contribution is 2.34. The minimum atomic E-state index is -3.08. The predicted molar refractivity (Wildman–Crippen MR) is 115 cm³/mol. The largest absolute Gasteiger partial charge is 0.508 e. The third-order valence-corrected chi connectivity index (χ3v) is 6.20. The van der Waals surface area contributed by atoms with E-state index in [2.05, 4.69) is 20.6 Å². The number of benzene rings is 1. The van der Waals surface area contributed by atoms with Crippen molar-refractivity contribution in [1.29, 1.82) is 0 Å². The second kappa shape index (κ2) is 11.2. The molecule has 0 radical (unpaired) electrons. The summed E-state index contributed by atoms with van der Waals surface area (Å²) in [4.78, 5) is 14.2. The average Bonchev–Trinajstić information content (AvgIpc) is 3.25. The van der Waals surface area contributed by atoms with Gasteiger partial charge in [-0.2, -0.15) is 5.21 Å². The van der Waals surface area contributed by atoms with E-state index in [1.807, 2.05) is 0 Å². The fraction of sp³-hybridized carbons (Fsp3) is 0.524. The molecular formula is C21H27F2N5O2S. The van der Waals surface area contributed by atoms with E-state index in [1.165, 1.54) is 36.0 Å². The van der Waals surface area contributed by atoms with Gasteiger partial charge in [-0.15, -0.1) is 22.0 Å². The number of allylic oxidation sites excluding steroid dienone is 1. The lowest BCUT2D eigenvalue weighted by Gasteiger charge is -2.33. The first-order valence-electron chi connectivity index (χ1n) is 10.4. The predicted octanol–water partition coefficient (Wildman–Crippen LogP) is 3.69. The quantitative estimate of drug-likeness (QED) is 0.400. The summed E-state index contributed by atoms with van der Waals surface area (Å²) < 4.78 is 28.8. The van der Waals surface area contributed by atoms with Crippen molar-refractivity contribution in [3.8, 4) is 5.75 Å². The van der Waals surface area contributed by atoms with Gasteiger partial charge in [0.2, 0.25) is 5.91 Å². The van der Waals surface area contributed by atoms with Crippen LogP contribution >= 0.6 is 11.8 Å². The van der Waals surface area contributed by atoms with Crippen LogP contribution in [0, 0.1) is 0 Å². The van der Waals surface area contributed by atoms with Crippen molar-refractivity contribution in [3.63, 3.8) is 0 Å². The molecule has 168 valence electrons. The second-order valence-corrected chi connectivity index (χ2v) is 8.58. The Morgan fingerprint density at radius 3 is 2.90 bits per heavy atom. The molecule has 10 heteroatoms. The lowest BCUT2D eigenvalue weighted by molar-refractivity contribution is -0.129. The molecule has 0 unspecified atom stereocenters. The summed E-state index contributed by atoms with van der Waals surface area (Å²) in [7, 11) is 0. The van der Waals surface area contributed by atoms with Crippen LogP contribution in [-0.4, -0.2) is 60.6 Å². The maximum Gasteiger partial charge on any atom is 0.276 e. The van der Waals surface area contributed by atoms with Crippen LogP contribution in [0.15, 0.2) is 36.4 Å². The molecular weight excluding hydrogens is 424 g/mol. The summed E-state index contributed by atoms with van der Waals surface area (Å²) in [6.07, 6.45) is 7.26. The molecule has 1 aliphatic heterocycles. The van der Waals surface area contributed by atoms with Gasteiger partial charge in [0.25, 0.3) is 5.92 Å². The summed E-state index contributed by atoms with van der Waals surface area (Å²) >= 11 is 1.53. The van der Waals surface area contributed by atoms with E-state index in [9.17, 15) is 18.7 Å². The van der Waals surface area contributed by atoms with Gasteiger partial charge in [0.05, 0.1) is 11.8 Å². The highest BCUT2D eigenvalue weighted by atomic mass is 32.2. The Morgan fingerprint density at radius 2 is 2.13 bits per heavy atom. The average molecular weight is 452 g/mol. The number of carbonyl (C=O) groups is 1. The molecule has 3 rings (SSSR count). The van der Waals surface area contributed by atoms with E-state index in [1.54, 1.807) is 11.0 Å². The van der Waals surface area contributed by atoms with Crippen LogP contribution in [0.3, 0.4) is 0 Å². The molecule has 1 aromatic carbocycles. The summed E-state index contributed by atoms with van der Waals surface area (Å²) in [6, 6.07) is 4.98. The number of aromatic amines is 1. The normalized spacial score (nSPS) is 17.5. The minimum Gasteiger partial charge on any atom is -0.508 e. The number of nitrogens with one attached hydrogen (secondary N) is 1. The number of rotatable bonds is 11. The lowest BCUT2D eigenvalue weighted by Crippen LogP contribution is -2.45. The molecule has 1 atom stereocenters. The van der Waals surface area contributed by atoms with Crippen molar-refractivity contribution in [1.82, 2.24) is 25.5 Å². The van der Waals surface area contributed by atoms with Crippen molar-refractivity contribution >= 4 is 17.7 Å². The number of hydrogen-bond donors (Lipinski definition) is 2. The molecule has 2 N–H and O–H groups in total. The zero-order valence-corrected chi connectivity index (χ0v) is 18.0. The number of phenolic OH excluding ortho intramolecular Hbond substituents is 1. The molecule has 7 nitrogen and oxygen atoms in total. The number of aryl methyl sites for hydroxylation is 1. The van der Waals surface area contributed by atoms with E-state index in [0.717, 1.165) is 38.2 Å². The highest BCUT2D eigenvalue weighted by Gasteiger charge is 2.31. The molecule has 2 heterocycles. The zero-order chi connectivity index (χ0) is 22.1. The van der Waals surface area contributed by atoms with Gasteiger partial charge in [-0.1, -0.05) is 42.3 Å². The van der Waals surface area contributed by atoms with Crippen molar-refractivity contribution in [2.24, 2.45) is 0 Å². The van der Waals surface area contributed by atoms with Crippen molar-refractivity contribution < 1.29 is 18.7 Å². The van der Waals surface area contributed by atoms with Crippen molar-refractivity contribution in [2.45, 2.75) is 50.5 Å². The van der Waals surface area contributed by atoms with Crippen LogP contribution in [0.4, 0.5) is 8.78 Å². The molecule has 0 saturated carbocycles. The summed E-state index contributed by atoms with van der Waals surface area (Å²) in [5.41, 5.74) is -0.219. The number of hydrogen-bond acceptors (Lipinski definition) is 6. The Kier molecular flexibility index (Phi) is 8.39. The standard InChI is InChI=1S/C21H27F2N5O2S/c22-21(23,16-7-5-9-18(29)13-16)11-6-8-17-14-31-15-20(30)28(17)12-4-2-1-3-10-19-24-26-27-25-19/h5-9,13,17,29H,1-4,10-12,14-15H2,(H,24,25,26,27)/t17-/m0/s1. The topological polar surface area (TPSA) is 95.0 Å². The SMILES string of the molecule is O=C1CSC[C@H](C=CCC(F)(F)c2cccc(O)c2)N1CCCCCCc1nn[nH]n1. The number of H-pyrrole nitrogens is 1. The van der Waals surface area contributed by atoms with Crippen LogP contribution < -0.4 is 0 Å². The number of aromatic nitrogens is 4. The summed E-state index contributed by atoms with van der Waals surface area (Å²) in [5, 5.41) is 23.2. The highest BCUT2D eigenvalue weighted by molar-refractivity contribution is 8.00. The van der Waals surface area contributed by atoms with Crippen LogP contribution in [0.25, 0.3) is 0 Å². The van der Waals surface area contributed by atoms with Crippen molar-refractivity contribution in [2.75, 3.05) is 18.1 Å². The number of aromatic hydroxyl groups is 1. The number of nitrogens with zero attached hydrogens (tertiary/aromatic N) is 4. The Balaban J connectivity index is 1.46. The number of alkyl halides is 2. The molecule has 31 heavy (non-hydrogen) atoms. The van der Waals surface area contributed by atoms with Gasteiger partial charge < -0.3 is 10.0 Å². The van der Waals surface area contributed by atoms with Crippen LogP contribution in [0.5, 0.6) is 5.75 Å². The Hall–Kier alpha value is -2.49. The molecule has 2 aromatic rings. The van der Waals surface area contributed by atoms with Gasteiger partial charge in [-0.05, 0) is 25.0 Å². The van der Waals surface area contributed by atoms with E-state index in [4.69, 9.17) is 0 Å². The zero-order valence-electron chi connectivity index (χ0n) is 17.2. The van der Waals surface area contributed by atoms with E-state index >= 15 is 0 Å². The van der Waals surface area contributed by atoms with Gasteiger partial charge in [0.15, 0.2) is 5.82 Å². The van der Waals surface area contributed by atoms with E-state index < -0.39 is 12.3 Å². The van der Waals surface area contributed by atoms with Crippen LogP contribution in [0.1, 0.15) is 43.5 Å². The maximum atomic E-state index is 14.4. The lowest BCUT2D eigenvalue weighted by atomic mass is 10.0. The summed E-state index contributed by atoms with van der Waals surface area (Å²) in [5.74, 6) is -1.36. The van der Waals surface area contributed by atoms with Gasteiger partial charge in [-0.25, -0.2) is 8.78 Å². The number of carbonyl (C=O) groups excluding carboxylic acids is 1. The number of phenols is 1. The van der Waals surface area contributed by atoms with E-state index in [0.29, 0.717) is 23.9 Å². The Bertz CT molecular complexity index is 863. The molecule has 0 spiro atoms. The molecule has 1 saturated heterocycles. The third-order valence-electron chi connectivity index (χ3n) is 5.17. The third kappa shape index (κ3) is 7.02. The fourth-order valence-corrected chi connectivity index (χ4v) is 4.50. The smallest absolute Gasteiger partial charge is 0.276 e. The van der Waals surface area contributed by atoms with Gasteiger partial charge in [-0.3, -0.25) is 4.79 Å². The number of tetrazole rings is 1. The monoisotopic (exact) mass is 451 g/mol. The van der Waals surface area contributed by atoms with Crippen molar-refractivity contribution in [3.05, 3.63) is 47.8 Å². The Morgan fingerprint density at radius 1 is 1.29 bits per heavy atom. The number of amides is 1. The molecule has 1 aromatic heterocycles. The Labute approximate surface area is 184 Å². The van der Waals surface area contributed by atoms with E-state index in [-0.39, 0.29) is 23.3 Å². The van der Waals surface area contributed by atoms with Gasteiger partial charge in [0.1, 0.15) is 5.75 Å². The first-order valence-corrected chi connectivity index (χ1v) is 11.5. The van der Waals surface area contributed by atoms with Crippen LogP contribution in [-0.2, 0) is 17.1 Å². The summed E-state index contributed by atoms with van der Waals surface area (Å²) in [6.45, 7) is 0.625.